The third-order valence-corrected chi connectivity index (χ3v) is 3.47. The van der Waals surface area contributed by atoms with Gasteiger partial charge in [-0.1, -0.05) is 6.92 Å². The van der Waals surface area contributed by atoms with Crippen molar-refractivity contribution in [3.05, 3.63) is 23.9 Å². The SMILES string of the molecule is CCOC(=O)c1ccc(NC2CCN(C(=O)CC)C2)nc1. The van der Waals surface area contributed by atoms with Crippen LogP contribution in [0.2, 0.25) is 0 Å². The molecule has 21 heavy (non-hydrogen) atoms. The number of ether oxygens (including phenoxy) is 1. The maximum absolute atomic E-state index is 11.6. The highest BCUT2D eigenvalue weighted by Crippen LogP contribution is 2.15. The lowest BCUT2D eigenvalue weighted by Crippen LogP contribution is -2.31. The second-order valence-electron chi connectivity index (χ2n) is 4.98. The Kier molecular flexibility index (Phi) is 5.14. The molecule has 2 rings (SSSR count). The monoisotopic (exact) mass is 291 g/mol. The van der Waals surface area contributed by atoms with Crippen molar-refractivity contribution < 1.29 is 14.3 Å². The first-order valence-corrected chi connectivity index (χ1v) is 7.31. The predicted octanol–water partition coefficient (Wildman–Crippen LogP) is 1.68. The Morgan fingerprint density at radius 3 is 2.86 bits per heavy atom. The molecular weight excluding hydrogens is 270 g/mol. The van der Waals surface area contributed by atoms with Crippen LogP contribution in [0.3, 0.4) is 0 Å². The first-order chi connectivity index (χ1) is 10.1. The third-order valence-electron chi connectivity index (χ3n) is 3.47. The number of carbonyl (C=O) groups is 2. The van der Waals surface area contributed by atoms with Gasteiger partial charge in [-0.3, -0.25) is 4.79 Å². The lowest BCUT2D eigenvalue weighted by molar-refractivity contribution is -0.129. The Bertz CT molecular complexity index is 501. The number of nitrogens with one attached hydrogen (secondary N) is 1. The first-order valence-electron chi connectivity index (χ1n) is 7.31. The van der Waals surface area contributed by atoms with Crippen LogP contribution >= 0.6 is 0 Å². The van der Waals surface area contributed by atoms with Crippen LogP contribution in [0.4, 0.5) is 5.82 Å². The highest BCUT2D eigenvalue weighted by atomic mass is 16.5. The maximum atomic E-state index is 11.6. The summed E-state index contributed by atoms with van der Waals surface area (Å²) >= 11 is 0. The minimum Gasteiger partial charge on any atom is -0.462 e. The molecule has 2 heterocycles. The molecule has 1 N–H and O–H groups in total. The zero-order chi connectivity index (χ0) is 15.2. The van der Waals surface area contributed by atoms with Gasteiger partial charge in [-0.2, -0.15) is 0 Å². The summed E-state index contributed by atoms with van der Waals surface area (Å²) in [5.41, 5.74) is 0.441. The summed E-state index contributed by atoms with van der Waals surface area (Å²) in [6, 6.07) is 3.66. The Hall–Kier alpha value is -2.11. The molecule has 6 heteroatoms. The van der Waals surface area contributed by atoms with Gasteiger partial charge in [0.15, 0.2) is 0 Å². The van der Waals surface area contributed by atoms with Gasteiger partial charge in [-0.25, -0.2) is 9.78 Å². The minimum absolute atomic E-state index is 0.185. The van der Waals surface area contributed by atoms with Crippen molar-refractivity contribution in [3.8, 4) is 0 Å². The maximum Gasteiger partial charge on any atom is 0.339 e. The summed E-state index contributed by atoms with van der Waals surface area (Å²) in [4.78, 5) is 29.2. The molecule has 1 aliphatic rings. The van der Waals surface area contributed by atoms with Crippen LogP contribution in [0.15, 0.2) is 18.3 Å². The number of amides is 1. The Balaban J connectivity index is 1.89. The summed E-state index contributed by atoms with van der Waals surface area (Å²) in [6.45, 7) is 5.48. The molecule has 0 aliphatic carbocycles. The number of esters is 1. The predicted molar refractivity (Wildman–Crippen MR) is 79.1 cm³/mol. The molecule has 1 saturated heterocycles. The minimum atomic E-state index is -0.364. The number of anilines is 1. The van der Waals surface area contributed by atoms with Gasteiger partial charge in [-0.15, -0.1) is 0 Å². The van der Waals surface area contributed by atoms with Crippen molar-refractivity contribution in [2.75, 3.05) is 25.0 Å². The van der Waals surface area contributed by atoms with Crippen LogP contribution < -0.4 is 5.32 Å². The molecule has 1 amide bonds. The number of hydrogen-bond donors (Lipinski definition) is 1. The number of carbonyl (C=O) groups excluding carboxylic acids is 2. The van der Waals surface area contributed by atoms with E-state index in [0.717, 1.165) is 13.0 Å². The number of pyridine rings is 1. The molecule has 1 aliphatic heterocycles. The van der Waals surface area contributed by atoms with E-state index in [-0.39, 0.29) is 17.9 Å². The van der Waals surface area contributed by atoms with Crippen molar-refractivity contribution >= 4 is 17.7 Å². The molecule has 0 aromatic carbocycles. The summed E-state index contributed by atoms with van der Waals surface area (Å²) in [7, 11) is 0. The standard InChI is InChI=1S/C15H21N3O3/c1-3-14(19)18-8-7-12(10-18)17-13-6-5-11(9-16-13)15(20)21-4-2/h5-6,9,12H,3-4,7-8,10H2,1-2H3,(H,16,17). The van der Waals surface area contributed by atoms with Crippen LogP contribution in [0.25, 0.3) is 0 Å². The molecule has 114 valence electrons. The molecule has 0 spiro atoms. The molecule has 1 unspecified atom stereocenters. The van der Waals surface area contributed by atoms with Gasteiger partial charge in [0.05, 0.1) is 12.2 Å². The summed E-state index contributed by atoms with van der Waals surface area (Å²) < 4.78 is 4.91. The van der Waals surface area contributed by atoms with Gasteiger partial charge in [0.2, 0.25) is 5.91 Å². The molecule has 1 atom stereocenters. The van der Waals surface area contributed by atoms with Crippen molar-refractivity contribution in [2.45, 2.75) is 32.7 Å². The third kappa shape index (κ3) is 3.93. The van der Waals surface area contributed by atoms with E-state index in [1.165, 1.54) is 6.20 Å². The quantitative estimate of drug-likeness (QED) is 0.836. The van der Waals surface area contributed by atoms with Crippen LogP contribution in [0.1, 0.15) is 37.0 Å². The molecule has 1 fully saturated rings. The van der Waals surface area contributed by atoms with E-state index >= 15 is 0 Å². The molecular formula is C15H21N3O3. The number of likely N-dealkylation sites (tertiary alicyclic amines) is 1. The average Bonchev–Trinajstić information content (AvgIpc) is 2.96. The smallest absolute Gasteiger partial charge is 0.339 e. The highest BCUT2D eigenvalue weighted by molar-refractivity contribution is 5.89. The van der Waals surface area contributed by atoms with Crippen LogP contribution in [-0.2, 0) is 9.53 Å². The van der Waals surface area contributed by atoms with Crippen LogP contribution in [0.5, 0.6) is 0 Å². The Morgan fingerprint density at radius 2 is 2.24 bits per heavy atom. The van der Waals surface area contributed by atoms with E-state index in [9.17, 15) is 9.59 Å². The summed E-state index contributed by atoms with van der Waals surface area (Å²) in [5, 5.41) is 3.29. The molecule has 1 aromatic rings. The lowest BCUT2D eigenvalue weighted by Gasteiger charge is -2.16. The van der Waals surface area contributed by atoms with Crippen LogP contribution in [0, 0.1) is 0 Å². The van der Waals surface area contributed by atoms with Gasteiger partial charge in [0.25, 0.3) is 0 Å². The normalized spacial score (nSPS) is 17.6. The first kappa shape index (κ1) is 15.3. The van der Waals surface area contributed by atoms with E-state index in [1.807, 2.05) is 11.8 Å². The van der Waals surface area contributed by atoms with Crippen molar-refractivity contribution in [1.29, 1.82) is 0 Å². The fraction of sp³-hybridized carbons (Fsp3) is 0.533. The van der Waals surface area contributed by atoms with Crippen molar-refractivity contribution in [1.82, 2.24) is 9.88 Å². The van der Waals surface area contributed by atoms with E-state index in [2.05, 4.69) is 10.3 Å². The lowest BCUT2D eigenvalue weighted by atomic mass is 10.2. The van der Waals surface area contributed by atoms with Gasteiger partial charge in [0.1, 0.15) is 5.82 Å². The van der Waals surface area contributed by atoms with Gasteiger partial charge < -0.3 is 15.0 Å². The number of nitrogens with zero attached hydrogens (tertiary/aromatic N) is 2. The number of hydrogen-bond acceptors (Lipinski definition) is 5. The number of aromatic nitrogens is 1. The van der Waals surface area contributed by atoms with E-state index < -0.39 is 0 Å². The molecule has 6 nitrogen and oxygen atoms in total. The zero-order valence-corrected chi connectivity index (χ0v) is 12.5. The van der Waals surface area contributed by atoms with Crippen molar-refractivity contribution in [3.63, 3.8) is 0 Å². The molecule has 0 bridgehead atoms. The Morgan fingerprint density at radius 1 is 1.43 bits per heavy atom. The highest BCUT2D eigenvalue weighted by Gasteiger charge is 2.25. The van der Waals surface area contributed by atoms with E-state index in [4.69, 9.17) is 4.74 Å². The van der Waals surface area contributed by atoms with E-state index in [1.54, 1.807) is 19.1 Å². The fourth-order valence-electron chi connectivity index (χ4n) is 2.35. The van der Waals surface area contributed by atoms with Gasteiger partial charge in [0, 0.05) is 31.7 Å². The second kappa shape index (κ2) is 7.06. The topological polar surface area (TPSA) is 71.5 Å². The second-order valence-corrected chi connectivity index (χ2v) is 4.98. The molecule has 1 aromatic heterocycles. The average molecular weight is 291 g/mol. The molecule has 0 radical (unpaired) electrons. The van der Waals surface area contributed by atoms with Crippen molar-refractivity contribution in [2.24, 2.45) is 0 Å². The van der Waals surface area contributed by atoms with Gasteiger partial charge in [-0.05, 0) is 25.5 Å². The Labute approximate surface area is 124 Å². The summed E-state index contributed by atoms with van der Waals surface area (Å²) in [5.74, 6) is 0.529. The molecule has 0 saturated carbocycles. The number of rotatable bonds is 5. The van der Waals surface area contributed by atoms with E-state index in [0.29, 0.717) is 31.0 Å². The van der Waals surface area contributed by atoms with Gasteiger partial charge >= 0.3 is 5.97 Å². The summed E-state index contributed by atoms with van der Waals surface area (Å²) in [6.07, 6.45) is 2.95. The largest absolute Gasteiger partial charge is 0.462 e. The fourth-order valence-corrected chi connectivity index (χ4v) is 2.35. The van der Waals surface area contributed by atoms with Crippen LogP contribution in [-0.4, -0.2) is 47.5 Å². The zero-order valence-electron chi connectivity index (χ0n) is 12.5.